The van der Waals surface area contributed by atoms with E-state index in [1.807, 2.05) is 38.1 Å². The Bertz CT molecular complexity index is 608. The summed E-state index contributed by atoms with van der Waals surface area (Å²) in [5.41, 5.74) is 1.35. The van der Waals surface area contributed by atoms with Gasteiger partial charge in [-0.3, -0.25) is 0 Å². The second-order valence-electron chi connectivity index (χ2n) is 4.99. The average molecular weight is 289 g/mol. The van der Waals surface area contributed by atoms with Crippen LogP contribution in [-0.2, 0) is 6.54 Å². The number of ether oxygens (including phenoxy) is 1. The molecular formula is C16H19NO4. The predicted octanol–water partition coefficient (Wildman–Crippen LogP) is 3.20. The molecule has 5 heteroatoms. The Hall–Kier alpha value is -2.56. The highest BCUT2D eigenvalue weighted by Crippen LogP contribution is 2.37. The van der Waals surface area contributed by atoms with E-state index in [0.29, 0.717) is 12.1 Å². The number of phenolic OH excluding ortho intramolecular Hbond substituents is 3. The standard InChI is InChI=1S/C16H19NO4/c1-10(2)21-13-6-4-12(5-7-13)17-9-11-3-8-14(18)16(20)15(11)19/h3-8,10,17-20H,9H2,1-2H3. The monoisotopic (exact) mass is 289 g/mol. The second kappa shape index (κ2) is 6.26. The molecule has 0 aliphatic rings. The minimum absolute atomic E-state index is 0.126. The summed E-state index contributed by atoms with van der Waals surface area (Å²) in [4.78, 5) is 0. The molecule has 2 aromatic rings. The van der Waals surface area contributed by atoms with E-state index in [1.165, 1.54) is 6.07 Å². The van der Waals surface area contributed by atoms with Crippen LogP contribution in [0, 0.1) is 0 Å². The van der Waals surface area contributed by atoms with E-state index in [9.17, 15) is 15.3 Å². The molecule has 0 bridgehead atoms. The number of anilines is 1. The maximum Gasteiger partial charge on any atom is 0.200 e. The van der Waals surface area contributed by atoms with Gasteiger partial charge in [0.25, 0.3) is 0 Å². The van der Waals surface area contributed by atoms with Crippen molar-refractivity contribution in [1.29, 1.82) is 0 Å². The molecule has 0 fully saturated rings. The van der Waals surface area contributed by atoms with E-state index in [-0.39, 0.29) is 17.6 Å². The quantitative estimate of drug-likeness (QED) is 0.635. The first-order valence-electron chi connectivity index (χ1n) is 6.70. The van der Waals surface area contributed by atoms with Gasteiger partial charge in [0.05, 0.1) is 6.10 Å². The van der Waals surface area contributed by atoms with Crippen molar-refractivity contribution in [3.8, 4) is 23.0 Å². The van der Waals surface area contributed by atoms with Crippen LogP contribution in [0.5, 0.6) is 23.0 Å². The number of hydrogen-bond donors (Lipinski definition) is 4. The molecule has 0 amide bonds. The lowest BCUT2D eigenvalue weighted by atomic mass is 10.1. The van der Waals surface area contributed by atoms with Gasteiger partial charge < -0.3 is 25.4 Å². The molecule has 2 rings (SSSR count). The maximum atomic E-state index is 9.73. The molecule has 0 atom stereocenters. The first-order valence-corrected chi connectivity index (χ1v) is 6.70. The number of rotatable bonds is 5. The van der Waals surface area contributed by atoms with Crippen molar-refractivity contribution in [1.82, 2.24) is 0 Å². The Morgan fingerprint density at radius 1 is 0.952 bits per heavy atom. The van der Waals surface area contributed by atoms with Gasteiger partial charge in [-0.2, -0.15) is 0 Å². The van der Waals surface area contributed by atoms with E-state index >= 15 is 0 Å². The van der Waals surface area contributed by atoms with Crippen molar-refractivity contribution < 1.29 is 20.1 Å². The summed E-state index contributed by atoms with van der Waals surface area (Å²) >= 11 is 0. The number of phenols is 3. The molecule has 2 aromatic carbocycles. The van der Waals surface area contributed by atoms with Gasteiger partial charge in [0, 0.05) is 17.8 Å². The van der Waals surface area contributed by atoms with Crippen molar-refractivity contribution in [2.45, 2.75) is 26.5 Å². The van der Waals surface area contributed by atoms with Gasteiger partial charge in [-0.25, -0.2) is 0 Å². The van der Waals surface area contributed by atoms with Crippen LogP contribution in [-0.4, -0.2) is 21.4 Å². The fourth-order valence-corrected chi connectivity index (χ4v) is 1.87. The summed E-state index contributed by atoms with van der Waals surface area (Å²) in [6, 6.07) is 10.3. The minimum atomic E-state index is -0.505. The van der Waals surface area contributed by atoms with Crippen molar-refractivity contribution in [3.05, 3.63) is 42.0 Å². The molecule has 0 saturated heterocycles. The van der Waals surface area contributed by atoms with Crippen LogP contribution in [0.1, 0.15) is 19.4 Å². The summed E-state index contributed by atoms with van der Waals surface area (Å²) < 4.78 is 5.55. The van der Waals surface area contributed by atoms with E-state index < -0.39 is 5.75 Å². The van der Waals surface area contributed by atoms with Crippen LogP contribution in [0.15, 0.2) is 36.4 Å². The van der Waals surface area contributed by atoms with Crippen LogP contribution < -0.4 is 10.1 Å². The van der Waals surface area contributed by atoms with E-state index in [2.05, 4.69) is 5.32 Å². The molecule has 0 aliphatic heterocycles. The Labute approximate surface area is 123 Å². The Morgan fingerprint density at radius 3 is 2.24 bits per heavy atom. The van der Waals surface area contributed by atoms with Crippen LogP contribution >= 0.6 is 0 Å². The fraction of sp³-hybridized carbons (Fsp3) is 0.250. The topological polar surface area (TPSA) is 82.0 Å². The van der Waals surface area contributed by atoms with Crippen molar-refractivity contribution in [2.75, 3.05) is 5.32 Å². The van der Waals surface area contributed by atoms with Gasteiger partial charge in [-0.15, -0.1) is 0 Å². The lowest BCUT2D eigenvalue weighted by Gasteiger charge is -2.12. The summed E-state index contributed by atoms with van der Waals surface area (Å²) in [6.07, 6.45) is 0.126. The summed E-state index contributed by atoms with van der Waals surface area (Å²) in [5.74, 6) is -0.371. The molecule has 5 nitrogen and oxygen atoms in total. The lowest BCUT2D eigenvalue weighted by molar-refractivity contribution is 0.242. The molecule has 0 saturated carbocycles. The fourth-order valence-electron chi connectivity index (χ4n) is 1.87. The minimum Gasteiger partial charge on any atom is -0.504 e. The summed E-state index contributed by atoms with van der Waals surface area (Å²) in [6.45, 7) is 4.25. The molecule has 0 spiro atoms. The van der Waals surface area contributed by atoms with Gasteiger partial charge in [0.1, 0.15) is 5.75 Å². The van der Waals surface area contributed by atoms with E-state index in [4.69, 9.17) is 4.74 Å². The third-order valence-electron chi connectivity index (χ3n) is 2.92. The summed E-state index contributed by atoms with van der Waals surface area (Å²) in [7, 11) is 0. The number of nitrogens with one attached hydrogen (secondary N) is 1. The number of aromatic hydroxyl groups is 3. The lowest BCUT2D eigenvalue weighted by Crippen LogP contribution is -2.05. The highest BCUT2D eigenvalue weighted by atomic mass is 16.5. The van der Waals surface area contributed by atoms with Crippen LogP contribution in [0.4, 0.5) is 5.69 Å². The van der Waals surface area contributed by atoms with Gasteiger partial charge in [0.15, 0.2) is 11.5 Å². The van der Waals surface area contributed by atoms with Crippen LogP contribution in [0.2, 0.25) is 0 Å². The largest absolute Gasteiger partial charge is 0.504 e. The molecule has 21 heavy (non-hydrogen) atoms. The average Bonchev–Trinajstić information content (AvgIpc) is 2.45. The zero-order valence-electron chi connectivity index (χ0n) is 12.0. The van der Waals surface area contributed by atoms with Crippen molar-refractivity contribution >= 4 is 5.69 Å². The first-order chi connectivity index (χ1) is 9.97. The molecule has 0 aromatic heterocycles. The van der Waals surface area contributed by atoms with Crippen LogP contribution in [0.3, 0.4) is 0 Å². The molecule has 0 aliphatic carbocycles. The molecular weight excluding hydrogens is 270 g/mol. The number of hydrogen-bond acceptors (Lipinski definition) is 5. The molecule has 0 unspecified atom stereocenters. The third-order valence-corrected chi connectivity index (χ3v) is 2.92. The van der Waals surface area contributed by atoms with Crippen molar-refractivity contribution in [2.24, 2.45) is 0 Å². The van der Waals surface area contributed by atoms with Gasteiger partial charge in [-0.1, -0.05) is 0 Å². The van der Waals surface area contributed by atoms with Crippen LogP contribution in [0.25, 0.3) is 0 Å². The Balaban J connectivity index is 2.02. The smallest absolute Gasteiger partial charge is 0.200 e. The van der Waals surface area contributed by atoms with E-state index in [1.54, 1.807) is 6.07 Å². The zero-order chi connectivity index (χ0) is 15.4. The summed E-state index contributed by atoms with van der Waals surface area (Å²) in [5, 5.41) is 31.6. The van der Waals surface area contributed by atoms with Gasteiger partial charge in [-0.05, 0) is 50.2 Å². The highest BCUT2D eigenvalue weighted by molar-refractivity contribution is 5.55. The van der Waals surface area contributed by atoms with Gasteiger partial charge in [0.2, 0.25) is 5.75 Å². The highest BCUT2D eigenvalue weighted by Gasteiger charge is 2.10. The normalized spacial score (nSPS) is 10.6. The second-order valence-corrected chi connectivity index (χ2v) is 4.99. The first kappa shape index (κ1) is 14.8. The third kappa shape index (κ3) is 3.72. The number of benzene rings is 2. The molecule has 4 N–H and O–H groups in total. The molecule has 112 valence electrons. The van der Waals surface area contributed by atoms with E-state index in [0.717, 1.165) is 11.4 Å². The van der Waals surface area contributed by atoms with Gasteiger partial charge >= 0.3 is 0 Å². The zero-order valence-corrected chi connectivity index (χ0v) is 12.0. The van der Waals surface area contributed by atoms with Crippen molar-refractivity contribution in [3.63, 3.8) is 0 Å². The Kier molecular flexibility index (Phi) is 4.42. The maximum absolute atomic E-state index is 9.73. The molecule has 0 radical (unpaired) electrons. The predicted molar refractivity (Wildman–Crippen MR) is 81.0 cm³/mol. The Morgan fingerprint density at radius 2 is 1.62 bits per heavy atom. The SMILES string of the molecule is CC(C)Oc1ccc(NCc2ccc(O)c(O)c2O)cc1. The molecule has 0 heterocycles.